The van der Waals surface area contributed by atoms with Gasteiger partial charge in [-0.05, 0) is 81.8 Å². The lowest BCUT2D eigenvalue weighted by Gasteiger charge is -2.30. The molecule has 0 radical (unpaired) electrons. The molecule has 8 nitrogen and oxygen atoms in total. The summed E-state index contributed by atoms with van der Waals surface area (Å²) in [5, 5.41) is 10.9. The number of amides is 1. The number of carbonyl (C=O) groups excluding carboxylic acids is 1. The molecule has 0 bridgehead atoms. The predicted octanol–water partition coefficient (Wildman–Crippen LogP) is 5.13. The lowest BCUT2D eigenvalue weighted by molar-refractivity contribution is 0.0493. The highest BCUT2D eigenvalue weighted by atomic mass is 32.2. The first-order chi connectivity index (χ1) is 16.4. The highest BCUT2D eigenvalue weighted by Crippen LogP contribution is 2.31. The van der Waals surface area contributed by atoms with Gasteiger partial charge in [-0.1, -0.05) is 26.0 Å². The zero-order valence-electron chi connectivity index (χ0n) is 21.0. The summed E-state index contributed by atoms with van der Waals surface area (Å²) in [5.74, 6) is 1.13. The van der Waals surface area contributed by atoms with Crippen molar-refractivity contribution in [2.24, 2.45) is 0 Å². The van der Waals surface area contributed by atoms with E-state index in [0.717, 1.165) is 22.6 Å². The first kappa shape index (κ1) is 25.2. The molecule has 1 saturated carbocycles. The van der Waals surface area contributed by atoms with Crippen molar-refractivity contribution in [3.63, 3.8) is 0 Å². The molecule has 1 aromatic carbocycles. The molecule has 1 fully saturated rings. The second-order valence-corrected chi connectivity index (χ2v) is 12.8. The molecule has 2 aromatic heterocycles. The van der Waals surface area contributed by atoms with E-state index in [4.69, 9.17) is 4.74 Å². The van der Waals surface area contributed by atoms with Gasteiger partial charge in [0, 0.05) is 18.2 Å². The number of rotatable bonds is 5. The van der Waals surface area contributed by atoms with Crippen molar-refractivity contribution in [2.75, 3.05) is 0 Å². The fourth-order valence-corrected chi connectivity index (χ4v) is 6.29. The summed E-state index contributed by atoms with van der Waals surface area (Å²) in [7, 11) is -3.45. The largest absolute Gasteiger partial charge is 0.444 e. The number of hydrogen-bond donors (Lipinski definition) is 1. The van der Waals surface area contributed by atoms with Gasteiger partial charge >= 0.3 is 6.09 Å². The summed E-state index contributed by atoms with van der Waals surface area (Å²) in [6, 6.07) is 10.9. The quantitative estimate of drug-likeness (QED) is 0.523. The van der Waals surface area contributed by atoms with Gasteiger partial charge in [0.1, 0.15) is 11.4 Å². The number of carbonyl (C=O) groups is 1. The van der Waals surface area contributed by atoms with Gasteiger partial charge in [-0.3, -0.25) is 4.40 Å². The van der Waals surface area contributed by atoms with Crippen LogP contribution in [0.2, 0.25) is 0 Å². The molecule has 9 heteroatoms. The van der Waals surface area contributed by atoms with Gasteiger partial charge in [-0.2, -0.15) is 0 Å². The average Bonchev–Trinajstić information content (AvgIpc) is 3.22. The number of nitrogens with one attached hydrogen (secondary N) is 1. The second kappa shape index (κ2) is 9.60. The number of benzene rings is 1. The van der Waals surface area contributed by atoms with Gasteiger partial charge in [-0.25, -0.2) is 13.2 Å². The molecule has 0 spiro atoms. The summed E-state index contributed by atoms with van der Waals surface area (Å²) in [5.41, 5.74) is 2.12. The van der Waals surface area contributed by atoms with Gasteiger partial charge < -0.3 is 10.1 Å². The Labute approximate surface area is 207 Å². The number of fused-ring (bicyclic) bond motifs is 1. The maximum Gasteiger partial charge on any atom is 0.407 e. The van der Waals surface area contributed by atoms with E-state index in [0.29, 0.717) is 30.6 Å². The molecule has 3 aromatic rings. The molecular formula is C26H34N4O4S. The predicted molar refractivity (Wildman–Crippen MR) is 135 cm³/mol. The summed E-state index contributed by atoms with van der Waals surface area (Å²) in [6.45, 7) is 9.60. The number of nitrogens with zero attached hydrogens (tertiary/aromatic N) is 3. The van der Waals surface area contributed by atoms with E-state index in [1.165, 1.54) is 0 Å². The number of sulfone groups is 1. The maximum atomic E-state index is 13.3. The summed E-state index contributed by atoms with van der Waals surface area (Å²) < 4.78 is 33.8. The highest BCUT2D eigenvalue weighted by Gasteiger charge is 2.33. The molecule has 2 heterocycles. The van der Waals surface area contributed by atoms with Crippen LogP contribution in [0.1, 0.15) is 72.0 Å². The molecule has 188 valence electrons. The van der Waals surface area contributed by atoms with Crippen molar-refractivity contribution in [3.8, 4) is 11.1 Å². The van der Waals surface area contributed by atoms with E-state index in [2.05, 4.69) is 29.4 Å². The van der Waals surface area contributed by atoms with Crippen LogP contribution >= 0.6 is 0 Å². The molecule has 0 unspecified atom stereocenters. The normalized spacial score (nSPS) is 19.1. The van der Waals surface area contributed by atoms with Crippen molar-refractivity contribution in [1.29, 1.82) is 0 Å². The fourth-order valence-electron chi connectivity index (χ4n) is 4.49. The van der Waals surface area contributed by atoms with Crippen LogP contribution in [0.15, 0.2) is 47.5 Å². The summed E-state index contributed by atoms with van der Waals surface area (Å²) in [6.07, 6.45) is 3.77. The monoisotopic (exact) mass is 498 g/mol. The van der Waals surface area contributed by atoms with Crippen LogP contribution in [-0.2, 0) is 14.6 Å². The summed E-state index contributed by atoms with van der Waals surface area (Å²) >= 11 is 0. The summed E-state index contributed by atoms with van der Waals surface area (Å²) in [4.78, 5) is 12.4. The van der Waals surface area contributed by atoms with Crippen molar-refractivity contribution in [3.05, 3.63) is 48.4 Å². The Hall–Kier alpha value is -2.94. The molecule has 0 atom stereocenters. The third-order valence-electron chi connectivity index (χ3n) is 6.30. The Balaban J connectivity index is 1.43. The van der Waals surface area contributed by atoms with Crippen LogP contribution < -0.4 is 5.32 Å². The maximum absolute atomic E-state index is 13.3. The minimum atomic E-state index is -3.45. The minimum absolute atomic E-state index is 0.0676. The van der Waals surface area contributed by atoms with E-state index in [9.17, 15) is 13.2 Å². The Morgan fingerprint density at radius 1 is 1.00 bits per heavy atom. The average molecular weight is 499 g/mol. The molecule has 0 saturated heterocycles. The fraction of sp³-hybridized carbons (Fsp3) is 0.500. The minimum Gasteiger partial charge on any atom is -0.444 e. The van der Waals surface area contributed by atoms with Crippen LogP contribution in [0, 0.1) is 0 Å². The smallest absolute Gasteiger partial charge is 0.407 e. The van der Waals surface area contributed by atoms with Crippen LogP contribution in [0.5, 0.6) is 0 Å². The highest BCUT2D eigenvalue weighted by molar-refractivity contribution is 7.92. The molecule has 35 heavy (non-hydrogen) atoms. The number of aromatic nitrogens is 3. The van der Waals surface area contributed by atoms with Crippen molar-refractivity contribution in [2.45, 2.75) is 88.0 Å². The Bertz CT molecular complexity index is 1300. The lowest BCUT2D eigenvalue weighted by atomic mass is 9.95. The number of hydrogen-bond acceptors (Lipinski definition) is 6. The zero-order chi connectivity index (χ0) is 25.4. The van der Waals surface area contributed by atoms with Crippen LogP contribution in [0.3, 0.4) is 0 Å². The topological polar surface area (TPSA) is 103 Å². The molecule has 4 rings (SSSR count). The first-order valence-corrected chi connectivity index (χ1v) is 13.7. The Morgan fingerprint density at radius 3 is 2.23 bits per heavy atom. The van der Waals surface area contributed by atoms with Crippen molar-refractivity contribution in [1.82, 2.24) is 19.9 Å². The molecule has 1 aliphatic carbocycles. The number of alkyl carbamates (subject to hydrolysis) is 1. The molecule has 1 aliphatic rings. The van der Waals surface area contributed by atoms with Gasteiger partial charge in [-0.15, -0.1) is 10.2 Å². The zero-order valence-corrected chi connectivity index (χ0v) is 21.8. The van der Waals surface area contributed by atoms with Gasteiger partial charge in [0.25, 0.3) is 0 Å². The van der Waals surface area contributed by atoms with Gasteiger partial charge in [0.2, 0.25) is 0 Å². The molecular weight excluding hydrogens is 464 g/mol. The second-order valence-electron chi connectivity index (χ2n) is 10.5. The van der Waals surface area contributed by atoms with E-state index in [-0.39, 0.29) is 12.0 Å². The first-order valence-electron chi connectivity index (χ1n) is 12.1. The van der Waals surface area contributed by atoms with Crippen LogP contribution in [0.25, 0.3) is 16.8 Å². The lowest BCUT2D eigenvalue weighted by Crippen LogP contribution is -2.42. The molecule has 1 amide bonds. The Kier molecular flexibility index (Phi) is 6.90. The third-order valence-corrected chi connectivity index (χ3v) is 8.57. The number of ether oxygens (including phenoxy) is 1. The van der Waals surface area contributed by atoms with Crippen LogP contribution in [-0.4, -0.2) is 46.0 Å². The molecule has 0 aliphatic heterocycles. The van der Waals surface area contributed by atoms with Crippen molar-refractivity contribution >= 4 is 21.6 Å². The van der Waals surface area contributed by atoms with E-state index < -0.39 is 26.8 Å². The Morgan fingerprint density at radius 2 is 1.63 bits per heavy atom. The van der Waals surface area contributed by atoms with Crippen molar-refractivity contribution < 1.29 is 17.9 Å². The standard InChI is InChI=1S/C26H34N4O4S/c1-17(2)24-29-28-23-15-8-19(16-30(23)24)18-6-11-21(12-7-18)35(32,33)22-13-9-20(10-14-22)27-25(31)34-26(3,4)5/h6-8,11-12,15-17,20,22H,9-10,13-14H2,1-5H3,(H,27,31). The SMILES string of the molecule is CC(C)c1nnc2ccc(-c3ccc(S(=O)(=O)C4CCC(NC(=O)OC(C)(C)C)CC4)cc3)cn12. The van der Waals surface area contributed by atoms with Gasteiger partial charge in [0.15, 0.2) is 15.5 Å². The third kappa shape index (κ3) is 5.66. The van der Waals surface area contributed by atoms with E-state index in [1.54, 1.807) is 12.1 Å². The van der Waals surface area contributed by atoms with E-state index >= 15 is 0 Å². The van der Waals surface area contributed by atoms with E-state index in [1.807, 2.05) is 55.6 Å². The van der Waals surface area contributed by atoms with Gasteiger partial charge in [0.05, 0.1) is 10.1 Å². The number of pyridine rings is 1. The van der Waals surface area contributed by atoms with Crippen LogP contribution in [0.4, 0.5) is 4.79 Å². The molecule has 1 N–H and O–H groups in total.